The van der Waals surface area contributed by atoms with Crippen LogP contribution >= 0.6 is 36.2 Å². The van der Waals surface area contributed by atoms with Gasteiger partial charge >= 0.3 is 0 Å². The van der Waals surface area contributed by atoms with Crippen LogP contribution < -0.4 is 5.32 Å². The van der Waals surface area contributed by atoms with E-state index in [2.05, 4.69) is 10.3 Å². The van der Waals surface area contributed by atoms with Gasteiger partial charge in [0.15, 0.2) is 0 Å². The molecule has 120 valence electrons. The molecule has 2 bridgehead atoms. The largest absolute Gasteiger partial charge is 0.343 e. The molecule has 2 aliphatic rings. The number of fused-ring (bicyclic) bond motifs is 2. The number of carbonyl (C=O) groups excluding carboxylic acids is 1. The van der Waals surface area contributed by atoms with Crippen LogP contribution in [0, 0.1) is 0 Å². The first-order chi connectivity index (χ1) is 9.22. The Hall–Kier alpha value is -0.360. The van der Waals surface area contributed by atoms with Gasteiger partial charge in [-0.2, -0.15) is 0 Å². The summed E-state index contributed by atoms with van der Waals surface area (Å²) in [6.45, 7) is 0. The summed E-state index contributed by atoms with van der Waals surface area (Å²) in [7, 11) is 1.97. The normalized spacial score (nSPS) is 26.6. The highest BCUT2D eigenvalue weighted by atomic mass is 35.5. The smallest absolute Gasteiger partial charge is 0.222 e. The van der Waals surface area contributed by atoms with E-state index in [0.29, 0.717) is 24.5 Å². The van der Waals surface area contributed by atoms with Gasteiger partial charge < -0.3 is 10.2 Å². The number of halogens is 2. The molecule has 4 nitrogen and oxygen atoms in total. The number of aryl methyl sites for hydroxylation is 1. The van der Waals surface area contributed by atoms with E-state index in [-0.39, 0.29) is 30.7 Å². The number of nitrogens with one attached hydrogen (secondary N) is 1. The minimum absolute atomic E-state index is 0. The molecule has 7 heteroatoms. The number of amides is 1. The number of thiazole rings is 1. The minimum Gasteiger partial charge on any atom is -0.343 e. The SMILES string of the molecule is CN(C(=O)CCc1cscn1)C1CC2CCC(C1)N2.Cl.Cl. The highest BCUT2D eigenvalue weighted by Gasteiger charge is 2.36. The fraction of sp³-hybridized carbons (Fsp3) is 0.714. The van der Waals surface area contributed by atoms with Crippen molar-refractivity contribution in [1.29, 1.82) is 0 Å². The Kier molecular flexibility index (Phi) is 7.40. The lowest BCUT2D eigenvalue weighted by atomic mass is 9.98. The van der Waals surface area contributed by atoms with Gasteiger partial charge in [-0.05, 0) is 32.1 Å². The predicted molar refractivity (Wildman–Crippen MR) is 90.7 cm³/mol. The topological polar surface area (TPSA) is 45.2 Å². The third-order valence-corrected chi connectivity index (χ3v) is 5.10. The summed E-state index contributed by atoms with van der Waals surface area (Å²) in [5.41, 5.74) is 2.87. The first-order valence-electron chi connectivity index (χ1n) is 7.11. The molecule has 21 heavy (non-hydrogen) atoms. The number of piperidine rings is 1. The van der Waals surface area contributed by atoms with Crippen LogP contribution in [0.5, 0.6) is 0 Å². The van der Waals surface area contributed by atoms with Crippen molar-refractivity contribution < 1.29 is 4.79 Å². The van der Waals surface area contributed by atoms with Crippen molar-refractivity contribution in [3.05, 3.63) is 16.6 Å². The van der Waals surface area contributed by atoms with Crippen molar-refractivity contribution in [3.8, 4) is 0 Å². The molecule has 1 aromatic rings. The van der Waals surface area contributed by atoms with Crippen LogP contribution in [0.3, 0.4) is 0 Å². The zero-order valence-corrected chi connectivity index (χ0v) is 14.6. The van der Waals surface area contributed by atoms with Crippen LogP contribution in [0.25, 0.3) is 0 Å². The molecular weight excluding hydrogens is 329 g/mol. The number of rotatable bonds is 4. The third-order valence-electron chi connectivity index (χ3n) is 4.47. The molecule has 2 aliphatic heterocycles. The van der Waals surface area contributed by atoms with Crippen LogP contribution in [0.4, 0.5) is 0 Å². The fourth-order valence-corrected chi connectivity index (χ4v) is 3.91. The summed E-state index contributed by atoms with van der Waals surface area (Å²) >= 11 is 1.59. The summed E-state index contributed by atoms with van der Waals surface area (Å²) in [6.07, 6.45) is 6.15. The summed E-state index contributed by atoms with van der Waals surface area (Å²) in [5.74, 6) is 0.263. The Morgan fingerprint density at radius 1 is 1.38 bits per heavy atom. The summed E-state index contributed by atoms with van der Waals surface area (Å²) < 4.78 is 0. The molecule has 2 unspecified atom stereocenters. The van der Waals surface area contributed by atoms with Crippen molar-refractivity contribution in [2.24, 2.45) is 0 Å². The summed E-state index contributed by atoms with van der Waals surface area (Å²) in [5, 5.41) is 5.65. The molecule has 3 rings (SSSR count). The lowest BCUT2D eigenvalue weighted by molar-refractivity contribution is -0.132. The van der Waals surface area contributed by atoms with E-state index in [1.807, 2.05) is 22.8 Å². The molecule has 1 amide bonds. The van der Waals surface area contributed by atoms with E-state index < -0.39 is 0 Å². The van der Waals surface area contributed by atoms with Crippen LogP contribution in [-0.2, 0) is 11.2 Å². The van der Waals surface area contributed by atoms with Gasteiger partial charge in [0.2, 0.25) is 5.91 Å². The van der Waals surface area contributed by atoms with Gasteiger partial charge in [-0.3, -0.25) is 4.79 Å². The Bertz CT molecular complexity index is 431. The molecule has 1 aromatic heterocycles. The maximum absolute atomic E-state index is 12.3. The monoisotopic (exact) mass is 351 g/mol. The Balaban J connectivity index is 0.00000110. The molecule has 2 saturated heterocycles. The van der Waals surface area contributed by atoms with Crippen LogP contribution in [-0.4, -0.2) is 41.0 Å². The Morgan fingerprint density at radius 3 is 2.62 bits per heavy atom. The number of hydrogen-bond acceptors (Lipinski definition) is 4. The van der Waals surface area contributed by atoms with Crippen LogP contribution in [0.1, 0.15) is 37.8 Å². The predicted octanol–water partition coefficient (Wildman–Crippen LogP) is 2.66. The van der Waals surface area contributed by atoms with Gasteiger partial charge in [0, 0.05) is 37.0 Å². The van der Waals surface area contributed by atoms with E-state index in [1.165, 1.54) is 12.8 Å². The molecule has 0 spiro atoms. The molecule has 3 heterocycles. The Labute approximate surface area is 142 Å². The zero-order valence-electron chi connectivity index (χ0n) is 12.2. The number of aromatic nitrogens is 1. The van der Waals surface area contributed by atoms with Crippen LogP contribution in [0.2, 0.25) is 0 Å². The highest BCUT2D eigenvalue weighted by molar-refractivity contribution is 7.07. The van der Waals surface area contributed by atoms with Gasteiger partial charge in [0.05, 0.1) is 11.2 Å². The molecule has 2 atom stereocenters. The highest BCUT2D eigenvalue weighted by Crippen LogP contribution is 2.29. The molecule has 0 radical (unpaired) electrons. The first-order valence-corrected chi connectivity index (χ1v) is 8.05. The average Bonchev–Trinajstić information content (AvgIpc) is 3.05. The van der Waals surface area contributed by atoms with Gasteiger partial charge in [0.1, 0.15) is 0 Å². The minimum atomic E-state index is 0. The standard InChI is InChI=1S/C14H21N3OS.2ClH/c1-17(13-6-10-2-3-11(7-13)16-10)14(18)5-4-12-8-19-9-15-12;;/h8-11,13,16H,2-7H2,1H3;2*1H. The maximum Gasteiger partial charge on any atom is 0.222 e. The lowest BCUT2D eigenvalue weighted by Crippen LogP contribution is -2.48. The van der Waals surface area contributed by atoms with Gasteiger partial charge in [-0.1, -0.05) is 0 Å². The van der Waals surface area contributed by atoms with Crippen molar-refractivity contribution in [2.45, 2.75) is 56.7 Å². The zero-order chi connectivity index (χ0) is 13.2. The summed E-state index contributed by atoms with van der Waals surface area (Å²) in [6, 6.07) is 1.71. The van der Waals surface area contributed by atoms with Gasteiger partial charge in [0.25, 0.3) is 0 Å². The molecule has 0 saturated carbocycles. The molecule has 0 aromatic carbocycles. The third kappa shape index (κ3) is 4.55. The van der Waals surface area contributed by atoms with Gasteiger partial charge in [-0.15, -0.1) is 36.2 Å². The lowest BCUT2D eigenvalue weighted by Gasteiger charge is -2.35. The molecule has 2 fully saturated rings. The van der Waals surface area contributed by atoms with Crippen molar-refractivity contribution in [3.63, 3.8) is 0 Å². The van der Waals surface area contributed by atoms with E-state index >= 15 is 0 Å². The fourth-order valence-electron chi connectivity index (χ4n) is 3.32. The van der Waals surface area contributed by atoms with E-state index in [9.17, 15) is 4.79 Å². The first kappa shape index (κ1) is 18.7. The van der Waals surface area contributed by atoms with E-state index in [1.54, 1.807) is 11.3 Å². The van der Waals surface area contributed by atoms with E-state index in [0.717, 1.165) is 25.0 Å². The number of nitrogens with zero attached hydrogens (tertiary/aromatic N) is 2. The second-order valence-corrected chi connectivity index (χ2v) is 6.47. The van der Waals surface area contributed by atoms with Crippen molar-refractivity contribution in [1.82, 2.24) is 15.2 Å². The Morgan fingerprint density at radius 2 is 2.05 bits per heavy atom. The molecule has 0 aliphatic carbocycles. The number of carbonyl (C=O) groups is 1. The molecular formula is C14H23Cl2N3OS. The second-order valence-electron chi connectivity index (χ2n) is 5.75. The maximum atomic E-state index is 12.3. The van der Waals surface area contributed by atoms with Crippen LogP contribution in [0.15, 0.2) is 10.9 Å². The summed E-state index contributed by atoms with van der Waals surface area (Å²) in [4.78, 5) is 18.5. The number of hydrogen-bond donors (Lipinski definition) is 1. The van der Waals surface area contributed by atoms with Gasteiger partial charge in [-0.25, -0.2) is 4.98 Å². The van der Waals surface area contributed by atoms with E-state index in [4.69, 9.17) is 0 Å². The average molecular weight is 352 g/mol. The molecule has 1 N–H and O–H groups in total. The van der Waals surface area contributed by atoms with Crippen molar-refractivity contribution >= 4 is 42.1 Å². The second kappa shape index (κ2) is 8.32. The van der Waals surface area contributed by atoms with Crippen molar-refractivity contribution in [2.75, 3.05) is 7.05 Å². The quantitative estimate of drug-likeness (QED) is 0.906.